The molecule has 0 aliphatic heterocycles. The first kappa shape index (κ1) is 25.9. The summed E-state index contributed by atoms with van der Waals surface area (Å²) in [5, 5.41) is 0. The van der Waals surface area contributed by atoms with Crippen LogP contribution in [0.1, 0.15) is 90.0 Å². The van der Waals surface area contributed by atoms with E-state index in [2.05, 4.69) is 88.1 Å². The van der Waals surface area contributed by atoms with Crippen molar-refractivity contribution in [1.82, 2.24) is 4.98 Å². The highest BCUT2D eigenvalue weighted by atomic mass is 28.4. The van der Waals surface area contributed by atoms with E-state index in [0.29, 0.717) is 33.2 Å². The minimum absolute atomic E-state index is 0.0356. The molecule has 0 heterocycles. The first-order chi connectivity index (χ1) is 11.7. The molecule has 3 nitrogen and oxygen atoms in total. The Morgan fingerprint density at radius 3 is 1.15 bits per heavy atom. The van der Waals surface area contributed by atoms with Gasteiger partial charge in [0.05, 0.1) is 6.04 Å². The van der Waals surface area contributed by atoms with Crippen LogP contribution in [0.15, 0.2) is 0 Å². The number of rotatable bonds is 10. The number of carbonyl (C=O) groups excluding carboxylic acids is 1. The van der Waals surface area contributed by atoms with E-state index in [0.717, 1.165) is 0 Å². The fourth-order valence-electron chi connectivity index (χ4n) is 5.55. The van der Waals surface area contributed by atoms with Gasteiger partial charge in [-0.2, -0.15) is 0 Å². The molecule has 0 aliphatic carbocycles. The van der Waals surface area contributed by atoms with Crippen LogP contribution in [0.5, 0.6) is 0 Å². The molecule has 0 saturated carbocycles. The van der Waals surface area contributed by atoms with Gasteiger partial charge in [0.2, 0.25) is 0 Å². The summed E-state index contributed by atoms with van der Waals surface area (Å²) in [5.41, 5.74) is 2.96. The predicted octanol–water partition coefficient (Wildman–Crippen LogP) is 6.86. The molecule has 0 radical (unpaired) electrons. The predicted molar refractivity (Wildman–Crippen MR) is 121 cm³/mol. The van der Waals surface area contributed by atoms with Gasteiger partial charge in [0, 0.05) is 0 Å². The molecule has 0 unspecified atom stereocenters. The van der Waals surface area contributed by atoms with Gasteiger partial charge in [-0.3, -0.25) is 4.79 Å². The lowest BCUT2D eigenvalue weighted by atomic mass is 10.4. The molecule has 1 atom stereocenters. The van der Waals surface area contributed by atoms with Gasteiger partial charge in [0.25, 0.3) is 8.32 Å². The molecule has 0 aliphatic rings. The molecule has 0 fully saturated rings. The number of hydrogen-bond donors (Lipinski definition) is 1. The van der Waals surface area contributed by atoms with Gasteiger partial charge in [0.1, 0.15) is 8.24 Å². The van der Waals surface area contributed by atoms with Crippen LogP contribution in [0.4, 0.5) is 0 Å². The zero-order valence-corrected chi connectivity index (χ0v) is 21.9. The summed E-state index contributed by atoms with van der Waals surface area (Å²) < 4.78 is 6.43. The molecule has 0 aromatic rings. The first-order valence-corrected chi connectivity index (χ1v) is 15.0. The second kappa shape index (κ2) is 9.88. The van der Waals surface area contributed by atoms with Crippen LogP contribution < -0.4 is 4.98 Å². The average molecular weight is 402 g/mol. The molecule has 156 valence electrons. The Balaban J connectivity index is 5.68. The number of nitrogens with one attached hydrogen (secondary N) is 1. The van der Waals surface area contributed by atoms with E-state index >= 15 is 0 Å². The van der Waals surface area contributed by atoms with Crippen LogP contribution in [-0.2, 0) is 9.22 Å². The van der Waals surface area contributed by atoms with E-state index < -0.39 is 16.6 Å². The molecule has 0 aromatic heterocycles. The number of hydrogen-bond acceptors (Lipinski definition) is 3. The molecule has 0 saturated heterocycles. The molecule has 26 heavy (non-hydrogen) atoms. The molecule has 0 rings (SSSR count). The van der Waals surface area contributed by atoms with E-state index in [1.54, 1.807) is 0 Å². The number of carbonyl (C=O) groups is 1. The summed E-state index contributed by atoms with van der Waals surface area (Å²) in [6.07, 6.45) is 0. The maximum absolute atomic E-state index is 13.2. The molecule has 0 amide bonds. The largest absolute Gasteiger partial charge is 0.517 e. The maximum atomic E-state index is 13.2. The van der Waals surface area contributed by atoms with E-state index in [9.17, 15) is 4.79 Å². The van der Waals surface area contributed by atoms with E-state index in [1.165, 1.54) is 0 Å². The first-order valence-electron chi connectivity index (χ1n) is 10.7. The van der Waals surface area contributed by atoms with Crippen molar-refractivity contribution in [3.63, 3.8) is 0 Å². The lowest BCUT2D eigenvalue weighted by molar-refractivity contribution is -0.137. The monoisotopic (exact) mass is 401 g/mol. The third-order valence-electron chi connectivity index (χ3n) is 6.67. The van der Waals surface area contributed by atoms with Gasteiger partial charge in [-0.25, -0.2) is 0 Å². The molecule has 1 N–H and O–H groups in total. The minimum atomic E-state index is -2.18. The summed E-state index contributed by atoms with van der Waals surface area (Å²) in [5.74, 6) is -0.0356. The second-order valence-corrected chi connectivity index (χ2v) is 21.0. The second-order valence-electron chi connectivity index (χ2n) is 10.0. The highest BCUT2D eigenvalue weighted by Crippen LogP contribution is 2.43. The molecular weight excluding hydrogens is 354 g/mol. The van der Waals surface area contributed by atoms with E-state index in [1.807, 2.05) is 6.92 Å². The Hall–Kier alpha value is -0.136. The van der Waals surface area contributed by atoms with Crippen LogP contribution in [0, 0.1) is 0 Å². The normalized spacial score (nSPS) is 15.0. The van der Waals surface area contributed by atoms with E-state index in [-0.39, 0.29) is 12.0 Å². The van der Waals surface area contributed by atoms with Gasteiger partial charge >= 0.3 is 5.97 Å². The summed E-state index contributed by atoms with van der Waals surface area (Å²) >= 11 is 0. The van der Waals surface area contributed by atoms with Crippen molar-refractivity contribution in [1.29, 1.82) is 0 Å². The standard InChI is InChI=1S/C21H47NO2Si2/c1-14(2)25(15(3)4,16(5)6)22-20(13)21(23)24-26(17(7)8,18(9)10)19(11)12/h14-20,22H,1-13H3/t20-/m0/s1. The van der Waals surface area contributed by atoms with Crippen molar-refractivity contribution in [2.45, 2.75) is 129 Å². The topological polar surface area (TPSA) is 38.3 Å². The minimum Gasteiger partial charge on any atom is -0.517 e. The Bertz CT molecular complexity index is 402. The highest BCUT2D eigenvalue weighted by molar-refractivity contribution is 6.81. The lowest BCUT2D eigenvalue weighted by Crippen LogP contribution is -2.63. The maximum Gasteiger partial charge on any atom is 0.308 e. The summed E-state index contributed by atoms with van der Waals surface area (Å²) in [7, 11) is -4.03. The highest BCUT2D eigenvalue weighted by Gasteiger charge is 2.50. The zero-order valence-electron chi connectivity index (χ0n) is 19.9. The van der Waals surface area contributed by atoms with Crippen molar-refractivity contribution in [2.75, 3.05) is 0 Å². The fraction of sp³-hybridized carbons (Fsp3) is 0.952. The van der Waals surface area contributed by atoms with Gasteiger partial charge < -0.3 is 9.41 Å². The van der Waals surface area contributed by atoms with Gasteiger partial charge in [-0.15, -0.1) is 0 Å². The van der Waals surface area contributed by atoms with Crippen LogP contribution in [0.25, 0.3) is 0 Å². The van der Waals surface area contributed by atoms with Gasteiger partial charge in [0.15, 0.2) is 0 Å². The van der Waals surface area contributed by atoms with Crippen molar-refractivity contribution in [3.8, 4) is 0 Å². The SMILES string of the molecule is CC(C)[Si](N[C@@H](C)C(=O)O[Si](C(C)C)(C(C)C)C(C)C)(C(C)C)C(C)C. The Labute approximate surface area is 166 Å². The Morgan fingerprint density at radius 1 is 0.615 bits per heavy atom. The lowest BCUT2D eigenvalue weighted by Gasteiger charge is -2.46. The smallest absolute Gasteiger partial charge is 0.308 e. The summed E-state index contributed by atoms with van der Waals surface area (Å²) in [6, 6.07) is -0.239. The van der Waals surface area contributed by atoms with Crippen molar-refractivity contribution >= 4 is 22.5 Å². The van der Waals surface area contributed by atoms with Crippen LogP contribution >= 0.6 is 0 Å². The molecule has 0 bridgehead atoms. The molecule has 0 spiro atoms. The zero-order chi connectivity index (χ0) is 21.0. The van der Waals surface area contributed by atoms with Gasteiger partial charge in [-0.1, -0.05) is 83.1 Å². The van der Waals surface area contributed by atoms with Crippen molar-refractivity contribution in [2.24, 2.45) is 0 Å². The Kier molecular flexibility index (Phi) is 9.82. The quantitative estimate of drug-likeness (QED) is 0.406. The van der Waals surface area contributed by atoms with Crippen LogP contribution in [0.3, 0.4) is 0 Å². The van der Waals surface area contributed by atoms with Crippen molar-refractivity contribution in [3.05, 3.63) is 0 Å². The molecular formula is C21H47NO2Si2. The van der Waals surface area contributed by atoms with E-state index in [4.69, 9.17) is 4.43 Å². The third-order valence-corrected chi connectivity index (χ3v) is 19.3. The van der Waals surface area contributed by atoms with Crippen LogP contribution in [-0.4, -0.2) is 28.6 Å². The third kappa shape index (κ3) is 5.02. The van der Waals surface area contributed by atoms with Gasteiger partial charge in [-0.05, 0) is 40.2 Å². The molecule has 0 aromatic carbocycles. The summed E-state index contributed by atoms with van der Waals surface area (Å²) in [4.78, 5) is 17.0. The van der Waals surface area contributed by atoms with Crippen LogP contribution in [0.2, 0.25) is 33.2 Å². The summed E-state index contributed by atoms with van der Waals surface area (Å²) in [6.45, 7) is 29.3. The fourth-order valence-corrected chi connectivity index (χ4v) is 16.7. The molecule has 5 heteroatoms. The Morgan fingerprint density at radius 2 is 0.923 bits per heavy atom. The average Bonchev–Trinajstić information content (AvgIpc) is 2.47. The van der Waals surface area contributed by atoms with Crippen molar-refractivity contribution < 1.29 is 9.22 Å².